The first-order valence-electron chi connectivity index (χ1n) is 8.07. The van der Waals surface area contributed by atoms with Crippen LogP contribution in [0.15, 0.2) is 30.3 Å². The molecule has 6 nitrogen and oxygen atoms in total. The van der Waals surface area contributed by atoms with E-state index < -0.39 is 10.0 Å². The molecule has 7 heteroatoms. The topological polar surface area (TPSA) is 69.3 Å². The van der Waals surface area contributed by atoms with Gasteiger partial charge in [0.25, 0.3) is 0 Å². The van der Waals surface area contributed by atoms with Gasteiger partial charge in [-0.15, -0.1) is 0 Å². The number of fused-ring (bicyclic) bond motifs is 1. The fourth-order valence-electron chi connectivity index (χ4n) is 3.36. The van der Waals surface area contributed by atoms with E-state index in [-0.39, 0.29) is 6.04 Å². The molecule has 1 saturated heterocycles. The monoisotopic (exact) mass is 346 g/mol. The number of para-hydroxylation sites is 1. The molecule has 1 atom stereocenters. The van der Waals surface area contributed by atoms with Crippen LogP contribution >= 0.6 is 0 Å². The van der Waals surface area contributed by atoms with E-state index >= 15 is 0 Å². The van der Waals surface area contributed by atoms with Crippen LogP contribution in [0.25, 0.3) is 10.9 Å². The summed E-state index contributed by atoms with van der Waals surface area (Å²) < 4.78 is 26.8. The summed E-state index contributed by atoms with van der Waals surface area (Å²) in [7, 11) is -3.11. The number of nitriles is 1. The van der Waals surface area contributed by atoms with Gasteiger partial charge in [-0.3, -0.25) is 4.90 Å². The molecule has 0 N–H and O–H groups in total. The molecule has 2 heterocycles. The van der Waals surface area contributed by atoms with Crippen LogP contribution < -0.4 is 0 Å². The lowest BCUT2D eigenvalue weighted by atomic mass is 10.2. The normalized spacial score (nSPS) is 18.5. The summed E-state index contributed by atoms with van der Waals surface area (Å²) in [4.78, 5) is 2.29. The molecular weight excluding hydrogens is 324 g/mol. The van der Waals surface area contributed by atoms with Gasteiger partial charge in [-0.05, 0) is 19.1 Å². The highest BCUT2D eigenvalue weighted by Crippen LogP contribution is 2.21. The summed E-state index contributed by atoms with van der Waals surface area (Å²) >= 11 is 0. The zero-order valence-electron chi connectivity index (χ0n) is 14.0. The molecule has 0 saturated carbocycles. The zero-order chi connectivity index (χ0) is 17.3. The minimum atomic E-state index is -3.11. The maximum atomic E-state index is 11.6. The minimum Gasteiger partial charge on any atom is -0.331 e. The quantitative estimate of drug-likeness (QED) is 0.841. The molecule has 1 aliphatic heterocycles. The van der Waals surface area contributed by atoms with E-state index in [1.165, 1.54) is 10.6 Å². The Morgan fingerprint density at radius 3 is 2.50 bits per heavy atom. The SMILES string of the molecule is CC(Cn1c(C#N)cc2ccccc21)N1CCN(S(C)(=O)=O)CC1. The highest BCUT2D eigenvalue weighted by Gasteiger charge is 2.26. The Morgan fingerprint density at radius 2 is 1.88 bits per heavy atom. The third-order valence-corrected chi connectivity index (χ3v) is 6.04. The van der Waals surface area contributed by atoms with Crippen molar-refractivity contribution in [3.05, 3.63) is 36.0 Å². The van der Waals surface area contributed by atoms with E-state index in [9.17, 15) is 13.7 Å². The van der Waals surface area contributed by atoms with Crippen LogP contribution in [0, 0.1) is 11.3 Å². The Kier molecular flexibility index (Phi) is 4.63. The molecule has 1 fully saturated rings. The molecule has 0 radical (unpaired) electrons. The van der Waals surface area contributed by atoms with Gasteiger partial charge in [0, 0.05) is 49.7 Å². The zero-order valence-corrected chi connectivity index (χ0v) is 14.8. The van der Waals surface area contributed by atoms with Crippen LogP contribution in [0.2, 0.25) is 0 Å². The van der Waals surface area contributed by atoms with Crippen LogP contribution in [-0.2, 0) is 16.6 Å². The Morgan fingerprint density at radius 1 is 1.21 bits per heavy atom. The summed E-state index contributed by atoms with van der Waals surface area (Å²) in [5.41, 5.74) is 1.73. The second kappa shape index (κ2) is 6.55. The van der Waals surface area contributed by atoms with Crippen LogP contribution in [-0.4, -0.2) is 60.7 Å². The van der Waals surface area contributed by atoms with Crippen molar-refractivity contribution in [1.29, 1.82) is 5.26 Å². The first-order valence-corrected chi connectivity index (χ1v) is 9.92. The van der Waals surface area contributed by atoms with Crippen molar-refractivity contribution in [2.24, 2.45) is 0 Å². The molecule has 0 aliphatic carbocycles. The number of benzene rings is 1. The fraction of sp³-hybridized carbons (Fsp3) is 0.471. The molecule has 1 aromatic carbocycles. The average Bonchev–Trinajstić information content (AvgIpc) is 2.92. The summed E-state index contributed by atoms with van der Waals surface area (Å²) in [6.45, 7) is 5.34. The molecule has 1 unspecified atom stereocenters. The van der Waals surface area contributed by atoms with Gasteiger partial charge in [0.15, 0.2) is 0 Å². The lowest BCUT2D eigenvalue weighted by molar-refractivity contribution is 0.135. The maximum Gasteiger partial charge on any atom is 0.211 e. The molecule has 3 rings (SSSR count). The van der Waals surface area contributed by atoms with Crippen LogP contribution in [0.4, 0.5) is 0 Å². The lowest BCUT2D eigenvalue weighted by Gasteiger charge is -2.37. The standard InChI is InChI=1S/C17H22N4O2S/c1-14(19-7-9-20(10-8-19)24(2,22)23)13-21-16(12-18)11-15-5-3-4-6-17(15)21/h3-6,11,14H,7-10,13H2,1-2H3. The molecule has 1 aliphatic rings. The third-order valence-electron chi connectivity index (χ3n) is 4.74. The van der Waals surface area contributed by atoms with Gasteiger partial charge >= 0.3 is 0 Å². The summed E-state index contributed by atoms with van der Waals surface area (Å²) in [6, 6.07) is 12.4. The highest BCUT2D eigenvalue weighted by molar-refractivity contribution is 7.88. The predicted octanol–water partition coefficient (Wildman–Crippen LogP) is 1.48. The van der Waals surface area contributed by atoms with Crippen molar-refractivity contribution in [1.82, 2.24) is 13.8 Å². The number of aromatic nitrogens is 1. The van der Waals surface area contributed by atoms with Crippen molar-refractivity contribution in [3.8, 4) is 6.07 Å². The van der Waals surface area contributed by atoms with E-state index in [0.29, 0.717) is 18.8 Å². The second-order valence-corrected chi connectivity index (χ2v) is 8.34. The van der Waals surface area contributed by atoms with Gasteiger partial charge in [0.1, 0.15) is 11.8 Å². The number of hydrogen-bond donors (Lipinski definition) is 0. The van der Waals surface area contributed by atoms with Gasteiger partial charge < -0.3 is 4.57 Å². The molecule has 24 heavy (non-hydrogen) atoms. The molecule has 0 amide bonds. The Balaban J connectivity index is 1.74. The average molecular weight is 346 g/mol. The second-order valence-electron chi connectivity index (χ2n) is 6.36. The Bertz CT molecular complexity index is 874. The van der Waals surface area contributed by atoms with Crippen LogP contribution in [0.5, 0.6) is 0 Å². The van der Waals surface area contributed by atoms with Gasteiger partial charge in [0.2, 0.25) is 10.0 Å². The molecule has 0 spiro atoms. The van der Waals surface area contributed by atoms with Crippen LogP contribution in [0.1, 0.15) is 12.6 Å². The van der Waals surface area contributed by atoms with Crippen LogP contribution in [0.3, 0.4) is 0 Å². The number of piperazine rings is 1. The smallest absolute Gasteiger partial charge is 0.211 e. The molecular formula is C17H22N4O2S. The van der Waals surface area contributed by atoms with Gasteiger partial charge in [0.05, 0.1) is 6.26 Å². The molecule has 1 aromatic heterocycles. The molecule has 2 aromatic rings. The van der Waals surface area contributed by atoms with Crippen molar-refractivity contribution < 1.29 is 8.42 Å². The lowest BCUT2D eigenvalue weighted by Crippen LogP contribution is -2.51. The van der Waals surface area contributed by atoms with E-state index in [2.05, 4.69) is 22.5 Å². The first-order chi connectivity index (χ1) is 11.4. The number of nitrogens with zero attached hydrogens (tertiary/aromatic N) is 4. The Labute approximate surface area is 142 Å². The van der Waals surface area contributed by atoms with Gasteiger partial charge in [-0.2, -0.15) is 9.57 Å². The third kappa shape index (κ3) is 3.31. The molecule has 128 valence electrons. The summed E-state index contributed by atoms with van der Waals surface area (Å²) in [5, 5.41) is 10.5. The predicted molar refractivity (Wildman–Crippen MR) is 94.1 cm³/mol. The summed E-state index contributed by atoms with van der Waals surface area (Å²) in [6.07, 6.45) is 1.26. The highest BCUT2D eigenvalue weighted by atomic mass is 32.2. The van der Waals surface area contributed by atoms with E-state index in [1.807, 2.05) is 30.3 Å². The minimum absolute atomic E-state index is 0.231. The van der Waals surface area contributed by atoms with Crippen molar-refractivity contribution in [3.63, 3.8) is 0 Å². The first kappa shape index (κ1) is 17.0. The van der Waals surface area contributed by atoms with E-state index in [4.69, 9.17) is 0 Å². The van der Waals surface area contributed by atoms with Crippen molar-refractivity contribution in [2.75, 3.05) is 32.4 Å². The Hall–Kier alpha value is -1.88. The van der Waals surface area contributed by atoms with Gasteiger partial charge in [-0.1, -0.05) is 18.2 Å². The van der Waals surface area contributed by atoms with E-state index in [0.717, 1.165) is 30.5 Å². The fourth-order valence-corrected chi connectivity index (χ4v) is 4.18. The summed E-state index contributed by atoms with van der Waals surface area (Å²) in [5.74, 6) is 0. The van der Waals surface area contributed by atoms with E-state index in [1.54, 1.807) is 0 Å². The van der Waals surface area contributed by atoms with Crippen molar-refractivity contribution in [2.45, 2.75) is 19.5 Å². The van der Waals surface area contributed by atoms with Crippen molar-refractivity contribution >= 4 is 20.9 Å². The maximum absolute atomic E-state index is 11.6. The largest absolute Gasteiger partial charge is 0.331 e. The number of hydrogen-bond acceptors (Lipinski definition) is 4. The van der Waals surface area contributed by atoms with Gasteiger partial charge in [-0.25, -0.2) is 8.42 Å². The number of rotatable bonds is 4. The molecule has 0 bridgehead atoms. The number of sulfonamides is 1.